The topological polar surface area (TPSA) is 44.4 Å². The van der Waals surface area contributed by atoms with Crippen LogP contribution in [0.25, 0.3) is 0 Å². The van der Waals surface area contributed by atoms with Crippen molar-refractivity contribution in [2.45, 2.75) is 46.2 Å². The molecule has 96 valence electrons. The maximum absolute atomic E-state index is 11.3. The molecule has 0 aromatic heterocycles. The van der Waals surface area contributed by atoms with E-state index < -0.39 is 0 Å². The molecule has 0 bridgehead atoms. The monoisotopic (exact) mass is 229 g/mol. The fourth-order valence-electron chi connectivity index (χ4n) is 1.23. The van der Waals surface area contributed by atoms with Gasteiger partial charge in [0.05, 0.1) is 0 Å². The molecule has 0 heterocycles. The molecule has 0 aromatic rings. The van der Waals surface area contributed by atoms with Crippen LogP contribution < -0.4 is 10.6 Å². The van der Waals surface area contributed by atoms with Crippen molar-refractivity contribution in [2.75, 3.05) is 26.7 Å². The number of carbonyl (C=O) groups excluding carboxylic acids is 1. The van der Waals surface area contributed by atoms with Crippen molar-refractivity contribution >= 4 is 5.91 Å². The van der Waals surface area contributed by atoms with Crippen molar-refractivity contribution in [3.8, 4) is 0 Å². The molecule has 0 aliphatic heterocycles. The van der Waals surface area contributed by atoms with Crippen LogP contribution in [-0.2, 0) is 4.79 Å². The Labute approximate surface area is 99.8 Å². The van der Waals surface area contributed by atoms with Crippen molar-refractivity contribution in [2.24, 2.45) is 0 Å². The third-order valence-electron chi connectivity index (χ3n) is 2.50. The van der Waals surface area contributed by atoms with Crippen LogP contribution in [0.4, 0.5) is 0 Å². The molecule has 0 saturated heterocycles. The van der Waals surface area contributed by atoms with Crippen LogP contribution in [-0.4, -0.2) is 49.6 Å². The summed E-state index contributed by atoms with van der Waals surface area (Å²) in [6, 6.07) is 0.811. The lowest BCUT2D eigenvalue weighted by Crippen LogP contribution is -2.36. The molecule has 2 N–H and O–H groups in total. The summed E-state index contributed by atoms with van der Waals surface area (Å²) in [5.41, 5.74) is 0. The summed E-state index contributed by atoms with van der Waals surface area (Å²) in [6.45, 7) is 11.0. The van der Waals surface area contributed by atoms with E-state index in [2.05, 4.69) is 36.4 Å². The molecule has 0 unspecified atom stereocenters. The van der Waals surface area contributed by atoms with Gasteiger partial charge in [0.25, 0.3) is 0 Å². The molecule has 0 aromatic carbocycles. The largest absolute Gasteiger partial charge is 0.354 e. The van der Waals surface area contributed by atoms with E-state index in [0.29, 0.717) is 12.5 Å². The number of carbonyl (C=O) groups is 1. The number of rotatable bonds is 8. The highest BCUT2D eigenvalue weighted by Gasteiger charge is 2.03. The van der Waals surface area contributed by atoms with Crippen LogP contribution in [0.1, 0.15) is 34.1 Å². The average Bonchev–Trinajstić information content (AvgIpc) is 2.15. The zero-order valence-corrected chi connectivity index (χ0v) is 11.3. The third-order valence-corrected chi connectivity index (χ3v) is 2.50. The van der Waals surface area contributed by atoms with Crippen molar-refractivity contribution in [3.05, 3.63) is 0 Å². The zero-order valence-electron chi connectivity index (χ0n) is 11.3. The van der Waals surface area contributed by atoms with Gasteiger partial charge in [-0.05, 0) is 34.7 Å². The second-order valence-corrected chi connectivity index (χ2v) is 4.80. The molecular formula is C12H27N3O. The van der Waals surface area contributed by atoms with E-state index >= 15 is 0 Å². The fraction of sp³-hybridized carbons (Fsp3) is 0.917. The smallest absolute Gasteiger partial charge is 0.221 e. The summed E-state index contributed by atoms with van der Waals surface area (Å²) in [5.74, 6) is 0.125. The molecule has 0 saturated carbocycles. The highest BCUT2D eigenvalue weighted by Crippen LogP contribution is 1.90. The Hall–Kier alpha value is -0.610. The van der Waals surface area contributed by atoms with Crippen LogP contribution >= 0.6 is 0 Å². The van der Waals surface area contributed by atoms with Gasteiger partial charge in [-0.25, -0.2) is 0 Å². The summed E-state index contributed by atoms with van der Waals surface area (Å²) in [4.78, 5) is 13.6. The fourth-order valence-corrected chi connectivity index (χ4v) is 1.23. The zero-order chi connectivity index (χ0) is 12.6. The van der Waals surface area contributed by atoms with Gasteiger partial charge in [0.2, 0.25) is 5.91 Å². The number of likely N-dealkylation sites (N-methyl/N-ethyl adjacent to an activating group) is 1. The second-order valence-electron chi connectivity index (χ2n) is 4.80. The minimum Gasteiger partial charge on any atom is -0.354 e. The maximum atomic E-state index is 11.3. The van der Waals surface area contributed by atoms with E-state index in [1.54, 1.807) is 0 Å². The standard InChI is InChI=1S/C12H27N3O/c1-10(2)14-12(16)6-7-13-8-9-15(5)11(3)4/h10-11,13H,6-9H2,1-5H3,(H,14,16). The molecule has 0 spiro atoms. The van der Waals surface area contributed by atoms with Crippen molar-refractivity contribution in [1.82, 2.24) is 15.5 Å². The van der Waals surface area contributed by atoms with Gasteiger partial charge in [0.1, 0.15) is 0 Å². The average molecular weight is 229 g/mol. The predicted octanol–water partition coefficient (Wildman–Crippen LogP) is 0.831. The first-order chi connectivity index (χ1) is 7.43. The van der Waals surface area contributed by atoms with Crippen LogP contribution in [0.2, 0.25) is 0 Å². The Morgan fingerprint density at radius 3 is 2.31 bits per heavy atom. The van der Waals surface area contributed by atoms with E-state index in [0.717, 1.165) is 19.6 Å². The Morgan fingerprint density at radius 2 is 1.81 bits per heavy atom. The van der Waals surface area contributed by atoms with Crippen molar-refractivity contribution < 1.29 is 4.79 Å². The summed E-state index contributed by atoms with van der Waals surface area (Å²) in [6.07, 6.45) is 0.559. The number of amides is 1. The Morgan fingerprint density at radius 1 is 1.19 bits per heavy atom. The van der Waals surface area contributed by atoms with Crippen molar-refractivity contribution in [3.63, 3.8) is 0 Å². The summed E-state index contributed by atoms with van der Waals surface area (Å²) in [7, 11) is 2.11. The Kier molecular flexibility index (Phi) is 8.21. The van der Waals surface area contributed by atoms with Crippen molar-refractivity contribution in [1.29, 1.82) is 0 Å². The van der Waals surface area contributed by atoms with E-state index in [4.69, 9.17) is 0 Å². The second kappa shape index (κ2) is 8.53. The minimum absolute atomic E-state index is 0.125. The summed E-state index contributed by atoms with van der Waals surface area (Å²) < 4.78 is 0. The van der Waals surface area contributed by atoms with Crippen LogP contribution in [0.5, 0.6) is 0 Å². The molecule has 0 radical (unpaired) electrons. The maximum Gasteiger partial charge on any atom is 0.221 e. The molecular weight excluding hydrogens is 202 g/mol. The Bertz CT molecular complexity index is 193. The number of nitrogens with one attached hydrogen (secondary N) is 2. The highest BCUT2D eigenvalue weighted by atomic mass is 16.1. The highest BCUT2D eigenvalue weighted by molar-refractivity contribution is 5.76. The first-order valence-electron chi connectivity index (χ1n) is 6.13. The van der Waals surface area contributed by atoms with Gasteiger partial charge in [-0.2, -0.15) is 0 Å². The van der Waals surface area contributed by atoms with E-state index in [1.807, 2.05) is 13.8 Å². The van der Waals surface area contributed by atoms with Gasteiger partial charge in [-0.3, -0.25) is 4.79 Å². The molecule has 4 heteroatoms. The van der Waals surface area contributed by atoms with Gasteiger partial charge in [-0.1, -0.05) is 0 Å². The van der Waals surface area contributed by atoms with Crippen LogP contribution in [0.3, 0.4) is 0 Å². The third kappa shape index (κ3) is 8.68. The summed E-state index contributed by atoms with van der Waals surface area (Å²) in [5, 5.41) is 6.14. The number of hydrogen-bond donors (Lipinski definition) is 2. The quantitative estimate of drug-likeness (QED) is 0.606. The van der Waals surface area contributed by atoms with Gasteiger partial charge in [0, 0.05) is 38.1 Å². The van der Waals surface area contributed by atoms with Gasteiger partial charge >= 0.3 is 0 Å². The number of nitrogens with zero attached hydrogens (tertiary/aromatic N) is 1. The summed E-state index contributed by atoms with van der Waals surface area (Å²) >= 11 is 0. The van der Waals surface area contributed by atoms with E-state index in [1.165, 1.54) is 0 Å². The molecule has 1 amide bonds. The first-order valence-corrected chi connectivity index (χ1v) is 6.13. The lowest BCUT2D eigenvalue weighted by atomic mass is 10.3. The molecule has 4 nitrogen and oxygen atoms in total. The Balaban J connectivity index is 3.37. The molecule has 0 fully saturated rings. The number of hydrogen-bond acceptors (Lipinski definition) is 3. The molecule has 16 heavy (non-hydrogen) atoms. The molecule has 0 rings (SSSR count). The van der Waals surface area contributed by atoms with Crippen LogP contribution in [0, 0.1) is 0 Å². The SMILES string of the molecule is CC(C)NC(=O)CCNCCN(C)C(C)C. The first kappa shape index (κ1) is 15.4. The molecule has 0 atom stereocenters. The molecule has 0 aliphatic carbocycles. The lowest BCUT2D eigenvalue weighted by Gasteiger charge is -2.20. The van der Waals surface area contributed by atoms with Gasteiger partial charge in [-0.15, -0.1) is 0 Å². The van der Waals surface area contributed by atoms with Gasteiger partial charge < -0.3 is 15.5 Å². The van der Waals surface area contributed by atoms with Crippen LogP contribution in [0.15, 0.2) is 0 Å². The minimum atomic E-state index is 0.125. The predicted molar refractivity (Wildman–Crippen MR) is 68.5 cm³/mol. The molecule has 0 aliphatic rings. The van der Waals surface area contributed by atoms with E-state index in [-0.39, 0.29) is 11.9 Å². The lowest BCUT2D eigenvalue weighted by molar-refractivity contribution is -0.121. The van der Waals surface area contributed by atoms with E-state index in [9.17, 15) is 4.79 Å². The normalized spacial score (nSPS) is 11.5. The van der Waals surface area contributed by atoms with Gasteiger partial charge in [0.15, 0.2) is 0 Å².